The summed E-state index contributed by atoms with van der Waals surface area (Å²) in [6.45, 7) is 3.94. The van der Waals surface area contributed by atoms with Crippen LogP contribution in [0.15, 0.2) is 24.3 Å². The van der Waals surface area contributed by atoms with Crippen molar-refractivity contribution in [3.05, 3.63) is 41.2 Å². The SMILES string of the molecule is CCc1nc(C(N)=O)c(Nc2cccc(C)c2)nc1N[C@@H]1CCCC[C@H]1O. The molecule has 2 aromatic rings. The van der Waals surface area contributed by atoms with Gasteiger partial charge in [0.05, 0.1) is 17.8 Å². The number of aliphatic hydroxyl groups excluding tert-OH is 1. The molecule has 5 N–H and O–H groups in total. The van der Waals surface area contributed by atoms with Crippen LogP contribution in [-0.4, -0.2) is 33.1 Å². The van der Waals surface area contributed by atoms with E-state index in [1.807, 2.05) is 38.1 Å². The van der Waals surface area contributed by atoms with E-state index in [1.54, 1.807) is 0 Å². The van der Waals surface area contributed by atoms with Gasteiger partial charge in [0.25, 0.3) is 5.91 Å². The Morgan fingerprint density at radius 1 is 1.26 bits per heavy atom. The van der Waals surface area contributed by atoms with Crippen molar-refractivity contribution in [2.45, 2.75) is 58.1 Å². The third kappa shape index (κ3) is 4.54. The molecule has 0 aliphatic heterocycles. The fourth-order valence-electron chi connectivity index (χ4n) is 3.41. The minimum Gasteiger partial charge on any atom is -0.391 e. The standard InChI is InChI=1S/C20H27N5O2/c1-3-14-19(24-15-9-4-5-10-16(15)26)25-20(17(23-14)18(21)27)22-13-8-6-7-12(2)11-13/h6-8,11,15-16,26H,3-5,9-10H2,1-2H3,(H2,21,27)(H2,22,24,25)/t15-,16-/m1/s1. The number of amides is 1. The maximum Gasteiger partial charge on any atom is 0.271 e. The summed E-state index contributed by atoms with van der Waals surface area (Å²) in [6, 6.07) is 7.70. The van der Waals surface area contributed by atoms with Crippen LogP contribution in [0.25, 0.3) is 0 Å². The molecular weight excluding hydrogens is 342 g/mol. The van der Waals surface area contributed by atoms with Crippen molar-refractivity contribution in [2.24, 2.45) is 5.73 Å². The van der Waals surface area contributed by atoms with E-state index in [0.717, 1.165) is 36.9 Å². The van der Waals surface area contributed by atoms with E-state index < -0.39 is 12.0 Å². The van der Waals surface area contributed by atoms with Crippen molar-refractivity contribution in [1.29, 1.82) is 0 Å². The molecule has 1 heterocycles. The summed E-state index contributed by atoms with van der Waals surface area (Å²) in [4.78, 5) is 21.0. The third-order valence-electron chi connectivity index (χ3n) is 4.87. The normalized spacial score (nSPS) is 19.5. The molecule has 1 amide bonds. The van der Waals surface area contributed by atoms with E-state index in [2.05, 4.69) is 20.6 Å². The van der Waals surface area contributed by atoms with Gasteiger partial charge in [-0.05, 0) is 43.9 Å². The van der Waals surface area contributed by atoms with E-state index >= 15 is 0 Å². The lowest BCUT2D eigenvalue weighted by atomic mass is 9.92. The second-order valence-corrected chi connectivity index (χ2v) is 7.03. The lowest BCUT2D eigenvalue weighted by Gasteiger charge is -2.29. The highest BCUT2D eigenvalue weighted by Crippen LogP contribution is 2.26. The number of hydrogen-bond acceptors (Lipinski definition) is 6. The maximum atomic E-state index is 11.9. The first-order chi connectivity index (χ1) is 13.0. The lowest BCUT2D eigenvalue weighted by Crippen LogP contribution is -2.37. The molecule has 2 atom stereocenters. The number of aryl methyl sites for hydroxylation is 2. The number of carbonyl (C=O) groups is 1. The van der Waals surface area contributed by atoms with Crippen molar-refractivity contribution in [2.75, 3.05) is 10.6 Å². The van der Waals surface area contributed by atoms with Gasteiger partial charge in [-0.3, -0.25) is 4.79 Å². The summed E-state index contributed by atoms with van der Waals surface area (Å²) in [7, 11) is 0. The Morgan fingerprint density at radius 3 is 2.70 bits per heavy atom. The molecule has 1 fully saturated rings. The summed E-state index contributed by atoms with van der Waals surface area (Å²) in [6.07, 6.45) is 3.95. The van der Waals surface area contributed by atoms with E-state index in [-0.39, 0.29) is 11.7 Å². The van der Waals surface area contributed by atoms with Crippen molar-refractivity contribution in [3.63, 3.8) is 0 Å². The number of nitrogens with one attached hydrogen (secondary N) is 2. The predicted octanol–water partition coefficient (Wildman–Crippen LogP) is 2.91. The van der Waals surface area contributed by atoms with Crippen LogP contribution >= 0.6 is 0 Å². The van der Waals surface area contributed by atoms with Gasteiger partial charge in [-0.1, -0.05) is 31.9 Å². The number of rotatable bonds is 6. The Hall–Kier alpha value is -2.67. The molecule has 1 saturated carbocycles. The topological polar surface area (TPSA) is 113 Å². The molecular formula is C20H27N5O2. The zero-order valence-electron chi connectivity index (χ0n) is 15.8. The Morgan fingerprint density at radius 2 is 2.04 bits per heavy atom. The third-order valence-corrected chi connectivity index (χ3v) is 4.87. The highest BCUT2D eigenvalue weighted by molar-refractivity contribution is 5.96. The van der Waals surface area contributed by atoms with E-state index in [1.165, 1.54) is 0 Å². The van der Waals surface area contributed by atoms with Crippen LogP contribution in [0.2, 0.25) is 0 Å². The molecule has 7 heteroatoms. The summed E-state index contributed by atoms with van der Waals surface area (Å²) in [5.41, 5.74) is 8.20. The van der Waals surface area contributed by atoms with Crippen molar-refractivity contribution < 1.29 is 9.90 Å². The van der Waals surface area contributed by atoms with E-state index in [4.69, 9.17) is 5.73 Å². The minimum absolute atomic E-state index is 0.0652. The molecule has 144 valence electrons. The van der Waals surface area contributed by atoms with Gasteiger partial charge in [-0.2, -0.15) is 0 Å². The second kappa shape index (κ2) is 8.35. The monoisotopic (exact) mass is 369 g/mol. The van der Waals surface area contributed by atoms with Crippen molar-refractivity contribution in [3.8, 4) is 0 Å². The molecule has 0 unspecified atom stereocenters. The first-order valence-corrected chi connectivity index (χ1v) is 9.47. The number of primary amides is 1. The van der Waals surface area contributed by atoms with Gasteiger partial charge in [-0.25, -0.2) is 9.97 Å². The average molecular weight is 369 g/mol. The highest BCUT2D eigenvalue weighted by atomic mass is 16.3. The number of hydrogen-bond donors (Lipinski definition) is 4. The maximum absolute atomic E-state index is 11.9. The molecule has 0 bridgehead atoms. The highest BCUT2D eigenvalue weighted by Gasteiger charge is 2.25. The number of carbonyl (C=O) groups excluding carboxylic acids is 1. The van der Waals surface area contributed by atoms with Crippen LogP contribution in [0.3, 0.4) is 0 Å². The van der Waals surface area contributed by atoms with Crippen molar-refractivity contribution >= 4 is 23.2 Å². The first kappa shape index (κ1) is 19.1. The Bertz CT molecular complexity index is 824. The molecule has 1 aliphatic carbocycles. The van der Waals surface area contributed by atoms with E-state index in [9.17, 15) is 9.90 Å². The molecule has 3 rings (SSSR count). The van der Waals surface area contributed by atoms with Gasteiger partial charge < -0.3 is 21.5 Å². The van der Waals surface area contributed by atoms with Gasteiger partial charge >= 0.3 is 0 Å². The van der Waals surface area contributed by atoms with Gasteiger partial charge in [0.1, 0.15) is 0 Å². The fraction of sp³-hybridized carbons (Fsp3) is 0.450. The largest absolute Gasteiger partial charge is 0.391 e. The molecule has 0 saturated heterocycles. The molecule has 1 aliphatic rings. The van der Waals surface area contributed by atoms with Gasteiger partial charge in [0.2, 0.25) is 0 Å². The van der Waals surface area contributed by atoms with Gasteiger partial charge in [0, 0.05) is 5.69 Å². The average Bonchev–Trinajstić information content (AvgIpc) is 2.63. The van der Waals surface area contributed by atoms with E-state index in [0.29, 0.717) is 23.8 Å². The number of nitrogens with zero attached hydrogens (tertiary/aromatic N) is 2. The zero-order chi connectivity index (χ0) is 19.4. The lowest BCUT2D eigenvalue weighted by molar-refractivity contribution is 0.0995. The molecule has 1 aromatic carbocycles. The smallest absolute Gasteiger partial charge is 0.271 e. The van der Waals surface area contributed by atoms with Gasteiger partial charge in [0.15, 0.2) is 17.3 Å². The number of nitrogens with two attached hydrogens (primary N) is 1. The summed E-state index contributed by atoms with van der Waals surface area (Å²) in [5.74, 6) is 0.276. The summed E-state index contributed by atoms with van der Waals surface area (Å²) >= 11 is 0. The van der Waals surface area contributed by atoms with Crippen LogP contribution in [0, 0.1) is 6.92 Å². The van der Waals surface area contributed by atoms with Gasteiger partial charge in [-0.15, -0.1) is 0 Å². The molecule has 7 nitrogen and oxygen atoms in total. The minimum atomic E-state index is -0.628. The first-order valence-electron chi connectivity index (χ1n) is 9.47. The quantitative estimate of drug-likeness (QED) is 0.623. The molecule has 0 radical (unpaired) electrons. The number of aromatic nitrogens is 2. The summed E-state index contributed by atoms with van der Waals surface area (Å²) in [5, 5.41) is 16.8. The molecule has 1 aromatic heterocycles. The summed E-state index contributed by atoms with van der Waals surface area (Å²) < 4.78 is 0. The Kier molecular flexibility index (Phi) is 5.91. The number of aliphatic hydroxyl groups is 1. The van der Waals surface area contributed by atoms with Crippen LogP contribution in [-0.2, 0) is 6.42 Å². The fourth-order valence-corrected chi connectivity index (χ4v) is 3.41. The number of anilines is 3. The predicted molar refractivity (Wildman–Crippen MR) is 106 cm³/mol. The molecule has 0 spiro atoms. The second-order valence-electron chi connectivity index (χ2n) is 7.03. The zero-order valence-corrected chi connectivity index (χ0v) is 15.8. The van der Waals surface area contributed by atoms with Crippen LogP contribution in [0.1, 0.15) is 54.4 Å². The Labute approximate surface area is 159 Å². The van der Waals surface area contributed by atoms with Crippen molar-refractivity contribution in [1.82, 2.24) is 9.97 Å². The molecule has 27 heavy (non-hydrogen) atoms. The van der Waals surface area contributed by atoms with Crippen LogP contribution in [0.4, 0.5) is 17.3 Å². The Balaban J connectivity index is 1.96. The van der Waals surface area contributed by atoms with Crippen LogP contribution in [0.5, 0.6) is 0 Å². The number of benzene rings is 1. The van der Waals surface area contributed by atoms with Crippen LogP contribution < -0.4 is 16.4 Å².